The third kappa shape index (κ3) is 4.42. The molecule has 54 heavy (non-hydrogen) atoms. The Labute approximate surface area is 315 Å². The van der Waals surface area contributed by atoms with Crippen LogP contribution in [0, 0.1) is 13.8 Å². The van der Waals surface area contributed by atoms with E-state index < -0.39 is 46.6 Å². The van der Waals surface area contributed by atoms with Gasteiger partial charge in [0.1, 0.15) is 29.4 Å². The monoisotopic (exact) mass is 755 g/mol. The summed E-state index contributed by atoms with van der Waals surface area (Å²) < 4.78 is 37.2. The fraction of sp³-hybridized carbons (Fsp3) is 0.450. The van der Waals surface area contributed by atoms with Gasteiger partial charge in [0.15, 0.2) is 28.5 Å². The molecule has 2 saturated heterocycles. The molecule has 0 saturated carbocycles. The molecule has 3 aromatic carbocycles. The number of phenolic OH excluding ortho intramolecular Hbond substituents is 1. The van der Waals surface area contributed by atoms with Crippen LogP contribution in [0.15, 0.2) is 34.7 Å². The number of ether oxygens (including phenoxy) is 5. The molecule has 13 nitrogen and oxygen atoms in total. The fourth-order valence-corrected chi connectivity index (χ4v) is 12.0. The van der Waals surface area contributed by atoms with Crippen molar-refractivity contribution in [1.29, 1.82) is 0 Å². The van der Waals surface area contributed by atoms with Gasteiger partial charge in [0, 0.05) is 71.4 Å². The van der Waals surface area contributed by atoms with Crippen LogP contribution in [0.4, 0.5) is 0 Å². The lowest BCUT2D eigenvalue weighted by Crippen LogP contribution is -2.70. The molecule has 0 radical (unpaired) electrons. The Bertz CT molecular complexity index is 2310. The Hall–Kier alpha value is -4.47. The number of rotatable bonds is 2. The van der Waals surface area contributed by atoms with Crippen LogP contribution >= 0.6 is 11.8 Å². The quantitative estimate of drug-likeness (QED) is 0.195. The summed E-state index contributed by atoms with van der Waals surface area (Å²) in [5.74, 6) is 1.41. The fourth-order valence-electron chi connectivity index (χ4n) is 10.4. The van der Waals surface area contributed by atoms with Crippen molar-refractivity contribution in [1.82, 2.24) is 15.1 Å². The molecule has 2 fully saturated rings. The van der Waals surface area contributed by atoms with E-state index in [1.54, 1.807) is 0 Å². The highest BCUT2D eigenvalue weighted by Crippen LogP contribution is 2.65. The van der Waals surface area contributed by atoms with Gasteiger partial charge in [-0.1, -0.05) is 24.3 Å². The molecule has 4 aromatic rings. The number of nitrogens with one attached hydrogen (secondary N) is 1. The number of para-hydroxylation sites is 1. The third-order valence-corrected chi connectivity index (χ3v) is 13.8. The number of phenols is 1. The number of thioether (sulfide) groups is 1. The Morgan fingerprint density at radius 2 is 1.89 bits per heavy atom. The molecule has 1 spiro atoms. The first kappa shape index (κ1) is 34.1. The molecular weight excluding hydrogens is 715 g/mol. The van der Waals surface area contributed by atoms with E-state index in [1.165, 1.54) is 25.8 Å². The average molecular weight is 756 g/mol. The second-order valence-electron chi connectivity index (χ2n) is 15.3. The van der Waals surface area contributed by atoms with Crippen LogP contribution in [0.2, 0.25) is 0 Å². The Morgan fingerprint density at radius 1 is 1.09 bits per heavy atom. The van der Waals surface area contributed by atoms with Gasteiger partial charge < -0.3 is 38.3 Å². The van der Waals surface area contributed by atoms with E-state index in [4.69, 9.17) is 28.1 Å². The highest BCUT2D eigenvalue weighted by Gasteiger charge is 2.64. The SMILES string of the molecule is COc1c(C)cc2c(c1O)[C@H]1[C@@H]3[C@@H]4SC[C@]5(NCCc6c5oc5ccccc65)C(=O)OC[C@@H](c5c6c(c(C)c(OC(C)=O)c54)OCO6)N3C(O)(C2)CN1C. The lowest BCUT2D eigenvalue weighted by atomic mass is 9.78. The van der Waals surface area contributed by atoms with Crippen molar-refractivity contribution < 1.29 is 47.9 Å². The van der Waals surface area contributed by atoms with Gasteiger partial charge in [-0.2, -0.15) is 0 Å². The van der Waals surface area contributed by atoms with E-state index in [-0.39, 0.29) is 37.9 Å². The lowest BCUT2D eigenvalue weighted by molar-refractivity contribution is -0.215. The van der Waals surface area contributed by atoms with Gasteiger partial charge in [0.05, 0.1) is 24.4 Å². The maximum atomic E-state index is 14.8. The van der Waals surface area contributed by atoms with Gasteiger partial charge in [-0.05, 0) is 44.5 Å². The Kier molecular flexibility index (Phi) is 7.42. The zero-order valence-electron chi connectivity index (χ0n) is 30.6. The molecule has 4 bridgehead atoms. The first-order valence-electron chi connectivity index (χ1n) is 18.3. The second kappa shape index (κ2) is 11.8. The van der Waals surface area contributed by atoms with Crippen molar-refractivity contribution in [2.24, 2.45) is 0 Å². The molecule has 3 N–H and O–H groups in total. The average Bonchev–Trinajstić information content (AvgIpc) is 3.73. The number of aryl methyl sites for hydroxylation is 1. The highest BCUT2D eigenvalue weighted by molar-refractivity contribution is 7.99. The zero-order chi connectivity index (χ0) is 37.4. The highest BCUT2D eigenvalue weighted by atomic mass is 32.2. The molecule has 2 unspecified atom stereocenters. The van der Waals surface area contributed by atoms with Gasteiger partial charge in [-0.15, -0.1) is 11.8 Å². The number of nitrogens with zero attached hydrogens (tertiary/aromatic N) is 2. The van der Waals surface area contributed by atoms with Gasteiger partial charge in [-0.25, -0.2) is 4.79 Å². The van der Waals surface area contributed by atoms with E-state index in [1.807, 2.05) is 51.2 Å². The summed E-state index contributed by atoms with van der Waals surface area (Å²) in [6.07, 6.45) is 0.860. The summed E-state index contributed by atoms with van der Waals surface area (Å²) >= 11 is 1.50. The van der Waals surface area contributed by atoms with E-state index in [0.29, 0.717) is 69.6 Å². The Balaban J connectivity index is 1.25. The first-order chi connectivity index (χ1) is 26.0. The van der Waals surface area contributed by atoms with Crippen LogP contribution in [-0.4, -0.2) is 90.1 Å². The Morgan fingerprint density at radius 3 is 2.69 bits per heavy atom. The summed E-state index contributed by atoms with van der Waals surface area (Å²) in [6, 6.07) is 7.99. The van der Waals surface area contributed by atoms with Crippen LogP contribution in [0.5, 0.6) is 28.7 Å². The topological polar surface area (TPSA) is 152 Å². The number of aliphatic hydroxyl groups is 1. The predicted octanol–water partition coefficient (Wildman–Crippen LogP) is 4.45. The minimum atomic E-state index is -1.49. The molecule has 8 aliphatic heterocycles. The number of furan rings is 1. The number of benzene rings is 3. The van der Waals surface area contributed by atoms with Crippen molar-refractivity contribution in [3.8, 4) is 28.7 Å². The largest absolute Gasteiger partial charge is 0.504 e. The molecule has 282 valence electrons. The van der Waals surface area contributed by atoms with Crippen molar-refractivity contribution in [2.75, 3.05) is 46.4 Å². The first-order valence-corrected chi connectivity index (χ1v) is 19.3. The summed E-state index contributed by atoms with van der Waals surface area (Å²) in [5, 5.41) is 29.1. The number of methoxy groups -OCH3 is 1. The molecule has 1 aromatic heterocycles. The van der Waals surface area contributed by atoms with Crippen LogP contribution in [0.25, 0.3) is 11.0 Å². The summed E-state index contributed by atoms with van der Waals surface area (Å²) in [4.78, 5) is 31.8. The summed E-state index contributed by atoms with van der Waals surface area (Å²) in [6.45, 7) is 5.64. The van der Waals surface area contributed by atoms with E-state index in [2.05, 4.69) is 15.1 Å². The van der Waals surface area contributed by atoms with Crippen LogP contribution in [0.3, 0.4) is 0 Å². The lowest BCUT2D eigenvalue weighted by Gasteiger charge is -2.60. The number of fused-ring (bicyclic) bond motifs is 8. The molecule has 9 heterocycles. The van der Waals surface area contributed by atoms with Crippen molar-refractivity contribution in [3.63, 3.8) is 0 Å². The van der Waals surface area contributed by atoms with Gasteiger partial charge in [-0.3, -0.25) is 19.9 Å². The minimum absolute atomic E-state index is 0.0273. The number of hydrogen-bond acceptors (Lipinski definition) is 14. The number of hydrogen-bond donors (Lipinski definition) is 3. The van der Waals surface area contributed by atoms with Crippen molar-refractivity contribution >= 4 is 34.7 Å². The number of piperazine rings is 1. The van der Waals surface area contributed by atoms with E-state index in [0.717, 1.165) is 22.1 Å². The number of carbonyl (C=O) groups excluding carboxylic acids is 2. The van der Waals surface area contributed by atoms with Crippen molar-refractivity contribution in [2.45, 2.75) is 68.3 Å². The van der Waals surface area contributed by atoms with E-state index in [9.17, 15) is 19.8 Å². The zero-order valence-corrected chi connectivity index (χ0v) is 31.4. The maximum Gasteiger partial charge on any atom is 0.335 e. The van der Waals surface area contributed by atoms with E-state index >= 15 is 0 Å². The minimum Gasteiger partial charge on any atom is -0.504 e. The maximum absolute atomic E-state index is 14.8. The second-order valence-corrected chi connectivity index (χ2v) is 16.5. The van der Waals surface area contributed by atoms with Crippen LogP contribution < -0.4 is 24.3 Å². The number of esters is 2. The smallest absolute Gasteiger partial charge is 0.335 e. The standard InChI is InChI=1S/C40H41N3O10S/c1-18-12-21-13-39(47)15-42(4)29(26(21)31(45)32(18)48-5)30-36-28-27(35-34(50-17-51-35)19(2)33(28)52-20(3)44)24(43(30)39)14-49-38(46)40(16-54-36)37-23(10-11-41-40)22-8-6-7-9-25(22)53-37/h6-9,12,24,29-30,36,41,45,47H,10-11,13-17H2,1-5H3/t24-,29-,30+,36+,39?,40+/m0/s1. The predicted molar refractivity (Wildman–Crippen MR) is 196 cm³/mol. The normalized spacial score (nSPS) is 30.6. The number of carbonyl (C=O) groups is 2. The van der Waals surface area contributed by atoms with Gasteiger partial charge in [0.2, 0.25) is 6.79 Å². The molecule has 7 atom stereocenters. The molecule has 12 rings (SSSR count). The van der Waals surface area contributed by atoms with Gasteiger partial charge >= 0.3 is 11.9 Å². The molecular formula is C40H41N3O10S. The third-order valence-electron chi connectivity index (χ3n) is 12.3. The summed E-state index contributed by atoms with van der Waals surface area (Å²) in [5.41, 5.74) is 3.01. The van der Waals surface area contributed by atoms with Gasteiger partial charge in [0.25, 0.3) is 0 Å². The molecule has 14 heteroatoms. The number of aromatic hydroxyl groups is 1. The molecule has 8 aliphatic rings. The molecule has 0 amide bonds. The van der Waals surface area contributed by atoms with Crippen LogP contribution in [0.1, 0.15) is 69.0 Å². The number of likely N-dealkylation sites (N-methyl/N-ethyl adjacent to an activating group) is 1. The molecule has 0 aliphatic carbocycles. The van der Waals surface area contributed by atoms with Crippen molar-refractivity contribution in [3.05, 3.63) is 75.0 Å². The van der Waals surface area contributed by atoms with Crippen LogP contribution in [-0.2, 0) is 32.7 Å². The summed E-state index contributed by atoms with van der Waals surface area (Å²) in [7, 11) is 3.49.